The van der Waals surface area contributed by atoms with Gasteiger partial charge in [0.15, 0.2) is 0 Å². The number of halogens is 1. The standard InChI is InChI=1S/C15H19ClN4O/c16-14-5-3-13(4-6-14)15(19-21-11-7-17)2-1-9-20-10-8-18-12-20/h3-6,8,10,12H,1-2,7,9,11,17H2/b19-15+. The Morgan fingerprint density at radius 1 is 1.33 bits per heavy atom. The molecule has 0 radical (unpaired) electrons. The highest BCUT2D eigenvalue weighted by atomic mass is 35.5. The molecule has 5 nitrogen and oxygen atoms in total. The van der Waals surface area contributed by atoms with E-state index < -0.39 is 0 Å². The first-order valence-electron chi connectivity index (χ1n) is 6.90. The number of aromatic nitrogens is 2. The van der Waals surface area contributed by atoms with Gasteiger partial charge in [-0.05, 0) is 30.5 Å². The molecule has 0 fully saturated rings. The van der Waals surface area contributed by atoms with E-state index in [1.54, 1.807) is 6.20 Å². The van der Waals surface area contributed by atoms with Crippen molar-refractivity contribution in [1.29, 1.82) is 0 Å². The van der Waals surface area contributed by atoms with Crippen LogP contribution in [0.1, 0.15) is 18.4 Å². The Morgan fingerprint density at radius 2 is 2.14 bits per heavy atom. The molecule has 112 valence electrons. The van der Waals surface area contributed by atoms with E-state index in [2.05, 4.69) is 10.1 Å². The zero-order chi connectivity index (χ0) is 14.9. The van der Waals surface area contributed by atoms with E-state index in [0.717, 1.165) is 30.7 Å². The molecule has 2 N–H and O–H groups in total. The summed E-state index contributed by atoms with van der Waals surface area (Å²) >= 11 is 5.92. The summed E-state index contributed by atoms with van der Waals surface area (Å²) < 4.78 is 2.04. The van der Waals surface area contributed by atoms with E-state index in [9.17, 15) is 0 Å². The average molecular weight is 307 g/mol. The predicted octanol–water partition coefficient (Wildman–Crippen LogP) is 2.70. The third-order valence-corrected chi connectivity index (χ3v) is 3.20. The van der Waals surface area contributed by atoms with Crippen LogP contribution in [0.15, 0.2) is 48.1 Å². The molecule has 0 saturated heterocycles. The van der Waals surface area contributed by atoms with Crippen LogP contribution >= 0.6 is 11.6 Å². The molecule has 0 aliphatic heterocycles. The average Bonchev–Trinajstić information content (AvgIpc) is 3.00. The van der Waals surface area contributed by atoms with Crippen LogP contribution in [0.25, 0.3) is 0 Å². The third kappa shape index (κ3) is 5.21. The van der Waals surface area contributed by atoms with Crippen LogP contribution in [-0.4, -0.2) is 28.4 Å². The third-order valence-electron chi connectivity index (χ3n) is 2.95. The van der Waals surface area contributed by atoms with Gasteiger partial charge in [-0.15, -0.1) is 0 Å². The fourth-order valence-corrected chi connectivity index (χ4v) is 2.04. The van der Waals surface area contributed by atoms with E-state index in [-0.39, 0.29) is 0 Å². The van der Waals surface area contributed by atoms with Gasteiger partial charge < -0.3 is 15.1 Å². The number of nitrogens with zero attached hydrogens (tertiary/aromatic N) is 3. The predicted molar refractivity (Wildman–Crippen MR) is 84.5 cm³/mol. The van der Waals surface area contributed by atoms with E-state index in [4.69, 9.17) is 22.2 Å². The maximum absolute atomic E-state index is 5.92. The molecular formula is C15H19ClN4O. The minimum absolute atomic E-state index is 0.415. The first-order valence-corrected chi connectivity index (χ1v) is 7.28. The molecule has 0 spiro atoms. The van der Waals surface area contributed by atoms with Crippen LogP contribution in [0, 0.1) is 0 Å². The number of nitrogens with two attached hydrogens (primary N) is 1. The monoisotopic (exact) mass is 306 g/mol. The molecule has 0 aliphatic carbocycles. The van der Waals surface area contributed by atoms with Crippen molar-refractivity contribution in [2.75, 3.05) is 13.2 Å². The number of imidazole rings is 1. The maximum atomic E-state index is 5.92. The molecule has 1 heterocycles. The van der Waals surface area contributed by atoms with Gasteiger partial charge in [0, 0.05) is 30.5 Å². The molecule has 0 atom stereocenters. The molecule has 0 amide bonds. The lowest BCUT2D eigenvalue weighted by Crippen LogP contribution is -2.09. The number of hydrogen-bond donors (Lipinski definition) is 1. The quantitative estimate of drug-likeness (QED) is 0.463. The minimum atomic E-state index is 0.415. The van der Waals surface area contributed by atoms with Gasteiger partial charge in [-0.2, -0.15) is 0 Å². The summed E-state index contributed by atoms with van der Waals surface area (Å²) in [7, 11) is 0. The van der Waals surface area contributed by atoms with Crippen molar-refractivity contribution < 1.29 is 4.84 Å². The lowest BCUT2D eigenvalue weighted by atomic mass is 10.1. The number of oxime groups is 1. The summed E-state index contributed by atoms with van der Waals surface area (Å²) in [5.74, 6) is 0. The van der Waals surface area contributed by atoms with Crippen LogP contribution in [0.3, 0.4) is 0 Å². The molecule has 6 heteroatoms. The van der Waals surface area contributed by atoms with Gasteiger partial charge in [0.05, 0.1) is 12.0 Å². The second-order valence-corrected chi connectivity index (χ2v) is 5.01. The van der Waals surface area contributed by atoms with E-state index in [0.29, 0.717) is 18.2 Å². The molecular weight excluding hydrogens is 288 g/mol. The molecule has 1 aromatic carbocycles. The SMILES string of the molecule is NCCO/N=C(\CCCn1ccnc1)c1ccc(Cl)cc1. The summed E-state index contributed by atoms with van der Waals surface area (Å²) in [4.78, 5) is 9.26. The van der Waals surface area contributed by atoms with E-state index in [1.165, 1.54) is 0 Å². The minimum Gasteiger partial charge on any atom is -0.394 e. The summed E-state index contributed by atoms with van der Waals surface area (Å²) in [5, 5.41) is 4.91. The molecule has 1 aromatic heterocycles. The smallest absolute Gasteiger partial charge is 0.129 e. The van der Waals surface area contributed by atoms with Crippen molar-refractivity contribution >= 4 is 17.3 Å². The van der Waals surface area contributed by atoms with E-state index in [1.807, 2.05) is 41.4 Å². The lowest BCUT2D eigenvalue weighted by molar-refractivity contribution is 0.151. The number of aryl methyl sites for hydroxylation is 1. The highest BCUT2D eigenvalue weighted by Gasteiger charge is 2.05. The molecule has 0 bridgehead atoms. The molecule has 0 unspecified atom stereocenters. The Labute approximate surface area is 129 Å². The van der Waals surface area contributed by atoms with Crippen LogP contribution in [0.5, 0.6) is 0 Å². The van der Waals surface area contributed by atoms with Gasteiger partial charge in [-0.3, -0.25) is 0 Å². The van der Waals surface area contributed by atoms with Crippen molar-refractivity contribution in [2.24, 2.45) is 10.9 Å². The Hall–Kier alpha value is -1.85. The molecule has 21 heavy (non-hydrogen) atoms. The van der Waals surface area contributed by atoms with Gasteiger partial charge in [-0.1, -0.05) is 28.9 Å². The second kappa shape index (κ2) is 8.44. The Bertz CT molecular complexity index is 552. The fraction of sp³-hybridized carbons (Fsp3) is 0.333. The van der Waals surface area contributed by atoms with Crippen LogP contribution in [0.2, 0.25) is 5.02 Å². The van der Waals surface area contributed by atoms with Crippen LogP contribution in [-0.2, 0) is 11.4 Å². The molecule has 2 aromatic rings. The van der Waals surface area contributed by atoms with Crippen molar-refractivity contribution in [2.45, 2.75) is 19.4 Å². The topological polar surface area (TPSA) is 65.4 Å². The normalized spacial score (nSPS) is 11.6. The molecule has 0 saturated carbocycles. The molecule has 0 aliphatic rings. The van der Waals surface area contributed by atoms with Crippen LogP contribution in [0.4, 0.5) is 0 Å². The maximum Gasteiger partial charge on any atom is 0.129 e. The number of rotatable bonds is 8. The number of benzene rings is 1. The van der Waals surface area contributed by atoms with Crippen molar-refractivity contribution in [3.05, 3.63) is 53.6 Å². The highest BCUT2D eigenvalue weighted by Crippen LogP contribution is 2.13. The summed E-state index contributed by atoms with van der Waals surface area (Å²) in [6.07, 6.45) is 7.29. The second-order valence-electron chi connectivity index (χ2n) is 4.57. The first-order chi connectivity index (χ1) is 10.3. The van der Waals surface area contributed by atoms with E-state index >= 15 is 0 Å². The summed E-state index contributed by atoms with van der Waals surface area (Å²) in [6, 6.07) is 7.60. The first kappa shape index (κ1) is 15.5. The largest absolute Gasteiger partial charge is 0.394 e. The van der Waals surface area contributed by atoms with Crippen molar-refractivity contribution in [3.63, 3.8) is 0 Å². The Balaban J connectivity index is 1.98. The Morgan fingerprint density at radius 3 is 2.81 bits per heavy atom. The van der Waals surface area contributed by atoms with Crippen LogP contribution < -0.4 is 5.73 Å². The zero-order valence-electron chi connectivity index (χ0n) is 11.8. The Kier molecular flexibility index (Phi) is 6.24. The van der Waals surface area contributed by atoms with Gasteiger partial charge in [0.25, 0.3) is 0 Å². The van der Waals surface area contributed by atoms with Gasteiger partial charge >= 0.3 is 0 Å². The fourth-order valence-electron chi connectivity index (χ4n) is 1.91. The van der Waals surface area contributed by atoms with Gasteiger partial charge in [-0.25, -0.2) is 4.98 Å². The lowest BCUT2D eigenvalue weighted by Gasteiger charge is -2.08. The number of hydrogen-bond acceptors (Lipinski definition) is 4. The zero-order valence-corrected chi connectivity index (χ0v) is 12.5. The van der Waals surface area contributed by atoms with Crippen molar-refractivity contribution in [3.8, 4) is 0 Å². The van der Waals surface area contributed by atoms with Gasteiger partial charge in [0.2, 0.25) is 0 Å². The highest BCUT2D eigenvalue weighted by molar-refractivity contribution is 6.30. The summed E-state index contributed by atoms with van der Waals surface area (Å²) in [6.45, 7) is 1.76. The molecule has 2 rings (SSSR count). The summed E-state index contributed by atoms with van der Waals surface area (Å²) in [5.41, 5.74) is 7.33. The van der Waals surface area contributed by atoms with Gasteiger partial charge in [0.1, 0.15) is 6.61 Å². The van der Waals surface area contributed by atoms with Crippen molar-refractivity contribution in [1.82, 2.24) is 9.55 Å².